The first-order chi connectivity index (χ1) is 9.02. The Labute approximate surface area is 109 Å². The predicted octanol–water partition coefficient (Wildman–Crippen LogP) is 0.113. The number of carboxylic acids is 1. The van der Waals surface area contributed by atoms with Crippen molar-refractivity contribution < 1.29 is 19.1 Å². The smallest absolute Gasteiger partial charge is 0.322 e. The predicted molar refractivity (Wildman–Crippen MR) is 64.5 cm³/mol. The van der Waals surface area contributed by atoms with Gasteiger partial charge in [-0.3, -0.25) is 19.8 Å². The quantitative estimate of drug-likeness (QED) is 0.780. The number of nitrogens with zero attached hydrogens (tertiary/aromatic N) is 3. The third-order valence-corrected chi connectivity index (χ3v) is 2.97. The summed E-state index contributed by atoms with van der Waals surface area (Å²) in [7, 11) is 0. The molecule has 0 radical (unpaired) electrons. The van der Waals surface area contributed by atoms with Gasteiger partial charge in [0.15, 0.2) is 0 Å². The number of carbonyl (C=O) groups is 2. The van der Waals surface area contributed by atoms with Gasteiger partial charge in [0, 0.05) is 19.9 Å². The van der Waals surface area contributed by atoms with Crippen LogP contribution < -0.4 is 5.32 Å². The summed E-state index contributed by atoms with van der Waals surface area (Å²) >= 11 is 0. The molecule has 1 fully saturated rings. The molecule has 2 heterocycles. The lowest BCUT2D eigenvalue weighted by atomic mass is 10.1. The third kappa shape index (κ3) is 4.02. The molecule has 8 heteroatoms. The van der Waals surface area contributed by atoms with Crippen LogP contribution >= 0.6 is 0 Å². The lowest BCUT2D eigenvalue weighted by Gasteiger charge is -2.14. The van der Waals surface area contributed by atoms with Crippen molar-refractivity contribution >= 4 is 17.9 Å². The van der Waals surface area contributed by atoms with Crippen molar-refractivity contribution in [2.24, 2.45) is 5.92 Å². The molecule has 0 aromatic carbocycles. The Bertz CT molecular complexity index is 473. The van der Waals surface area contributed by atoms with Gasteiger partial charge in [-0.1, -0.05) is 5.10 Å². The molecule has 1 amide bonds. The standard InChI is InChI=1S/C11H16N4O4/c1-7-13-14-11(19-7)12-9(16)6-15-3-2-8(5-15)4-10(17)18/h8H,2-6H2,1H3,(H,17,18)(H,12,14,16). The molecule has 1 aromatic rings. The molecule has 19 heavy (non-hydrogen) atoms. The number of carboxylic acid groups (broad SMARTS) is 1. The fourth-order valence-corrected chi connectivity index (χ4v) is 2.18. The minimum Gasteiger partial charge on any atom is -0.481 e. The Hall–Kier alpha value is -1.96. The lowest BCUT2D eigenvalue weighted by molar-refractivity contribution is -0.138. The molecule has 1 aliphatic heterocycles. The summed E-state index contributed by atoms with van der Waals surface area (Å²) in [5.74, 6) is -0.522. The number of aryl methyl sites for hydroxylation is 1. The van der Waals surface area contributed by atoms with Crippen LogP contribution in [-0.2, 0) is 9.59 Å². The number of carbonyl (C=O) groups excluding carboxylic acids is 1. The highest BCUT2D eigenvalue weighted by Crippen LogP contribution is 2.19. The van der Waals surface area contributed by atoms with Crippen molar-refractivity contribution in [1.82, 2.24) is 15.1 Å². The highest BCUT2D eigenvalue weighted by Gasteiger charge is 2.26. The van der Waals surface area contributed by atoms with Gasteiger partial charge in [0.1, 0.15) is 0 Å². The van der Waals surface area contributed by atoms with Crippen LogP contribution in [0.3, 0.4) is 0 Å². The highest BCUT2D eigenvalue weighted by molar-refractivity contribution is 5.90. The second-order valence-electron chi connectivity index (χ2n) is 4.66. The van der Waals surface area contributed by atoms with Gasteiger partial charge in [-0.2, -0.15) is 0 Å². The molecule has 1 saturated heterocycles. The summed E-state index contributed by atoms with van der Waals surface area (Å²) < 4.78 is 5.04. The largest absolute Gasteiger partial charge is 0.481 e. The van der Waals surface area contributed by atoms with Crippen LogP contribution in [0.2, 0.25) is 0 Å². The van der Waals surface area contributed by atoms with E-state index in [4.69, 9.17) is 9.52 Å². The maximum absolute atomic E-state index is 11.7. The highest BCUT2D eigenvalue weighted by atomic mass is 16.4. The molecule has 0 bridgehead atoms. The van der Waals surface area contributed by atoms with Gasteiger partial charge >= 0.3 is 12.0 Å². The SMILES string of the molecule is Cc1nnc(NC(=O)CN2CCC(CC(=O)O)C2)o1. The monoisotopic (exact) mass is 268 g/mol. The number of amides is 1. The fraction of sp³-hybridized carbons (Fsp3) is 0.636. The zero-order chi connectivity index (χ0) is 13.8. The van der Waals surface area contributed by atoms with Crippen LogP contribution in [0.5, 0.6) is 0 Å². The van der Waals surface area contributed by atoms with Crippen molar-refractivity contribution in [1.29, 1.82) is 0 Å². The number of nitrogens with one attached hydrogen (secondary N) is 1. The van der Waals surface area contributed by atoms with E-state index in [1.54, 1.807) is 6.92 Å². The van der Waals surface area contributed by atoms with E-state index in [9.17, 15) is 9.59 Å². The van der Waals surface area contributed by atoms with Crippen LogP contribution in [0.15, 0.2) is 4.42 Å². The number of aliphatic carboxylic acids is 1. The second kappa shape index (κ2) is 5.79. The van der Waals surface area contributed by atoms with E-state index in [1.807, 2.05) is 4.90 Å². The molecule has 2 rings (SSSR count). The van der Waals surface area contributed by atoms with Crippen molar-refractivity contribution in [2.45, 2.75) is 19.8 Å². The average Bonchev–Trinajstić information content (AvgIpc) is 2.88. The molecule has 0 aliphatic carbocycles. The number of likely N-dealkylation sites (tertiary alicyclic amines) is 1. The van der Waals surface area contributed by atoms with Gasteiger partial charge in [0.25, 0.3) is 0 Å². The van der Waals surface area contributed by atoms with E-state index >= 15 is 0 Å². The molecular weight excluding hydrogens is 252 g/mol. The van der Waals surface area contributed by atoms with Crippen LogP contribution in [-0.4, -0.2) is 51.7 Å². The summed E-state index contributed by atoms with van der Waals surface area (Å²) in [5.41, 5.74) is 0. The molecule has 1 unspecified atom stereocenters. The number of hydrogen-bond acceptors (Lipinski definition) is 6. The van der Waals surface area contributed by atoms with Gasteiger partial charge in [-0.15, -0.1) is 5.10 Å². The van der Waals surface area contributed by atoms with Gasteiger partial charge in [0.2, 0.25) is 11.8 Å². The summed E-state index contributed by atoms with van der Waals surface area (Å²) in [6, 6.07) is 0.0868. The molecule has 2 N–H and O–H groups in total. The van der Waals surface area contributed by atoms with Crippen molar-refractivity contribution in [2.75, 3.05) is 25.0 Å². The van der Waals surface area contributed by atoms with Crippen molar-refractivity contribution in [3.63, 3.8) is 0 Å². The van der Waals surface area contributed by atoms with Crippen LogP contribution in [0.4, 0.5) is 6.01 Å². The van der Waals surface area contributed by atoms with E-state index in [0.717, 1.165) is 13.0 Å². The van der Waals surface area contributed by atoms with Gasteiger partial charge in [0.05, 0.1) is 6.54 Å². The molecule has 1 aliphatic rings. The first-order valence-electron chi connectivity index (χ1n) is 6.07. The first kappa shape index (κ1) is 13.5. The zero-order valence-corrected chi connectivity index (χ0v) is 10.6. The summed E-state index contributed by atoms with van der Waals surface area (Å²) in [5, 5.41) is 18.5. The number of aromatic nitrogens is 2. The first-order valence-corrected chi connectivity index (χ1v) is 6.07. The van der Waals surface area contributed by atoms with Crippen molar-refractivity contribution in [3.8, 4) is 0 Å². The Morgan fingerprint density at radius 1 is 1.53 bits per heavy atom. The maximum Gasteiger partial charge on any atom is 0.322 e. The Morgan fingerprint density at radius 2 is 2.32 bits per heavy atom. The molecule has 0 spiro atoms. The van der Waals surface area contributed by atoms with Crippen LogP contribution in [0, 0.1) is 12.8 Å². The van der Waals surface area contributed by atoms with Gasteiger partial charge in [-0.05, 0) is 18.9 Å². The fourth-order valence-electron chi connectivity index (χ4n) is 2.18. The Morgan fingerprint density at radius 3 is 2.95 bits per heavy atom. The molecule has 1 atom stereocenters. The third-order valence-electron chi connectivity index (χ3n) is 2.97. The zero-order valence-electron chi connectivity index (χ0n) is 10.6. The summed E-state index contributed by atoms with van der Waals surface area (Å²) in [6.45, 7) is 3.20. The lowest BCUT2D eigenvalue weighted by Crippen LogP contribution is -2.31. The van der Waals surface area contributed by atoms with Crippen molar-refractivity contribution in [3.05, 3.63) is 5.89 Å². The Kier molecular flexibility index (Phi) is 4.10. The number of anilines is 1. The van der Waals surface area contributed by atoms with Crippen LogP contribution in [0.1, 0.15) is 18.7 Å². The van der Waals surface area contributed by atoms with E-state index < -0.39 is 5.97 Å². The van der Waals surface area contributed by atoms with E-state index in [-0.39, 0.29) is 30.8 Å². The molecule has 1 aromatic heterocycles. The second-order valence-corrected chi connectivity index (χ2v) is 4.66. The minimum atomic E-state index is -0.794. The topological polar surface area (TPSA) is 109 Å². The summed E-state index contributed by atoms with van der Waals surface area (Å²) in [6.07, 6.45) is 0.959. The number of rotatable bonds is 5. The van der Waals surface area contributed by atoms with Gasteiger partial charge < -0.3 is 9.52 Å². The normalized spacial score (nSPS) is 19.5. The van der Waals surface area contributed by atoms with E-state index in [2.05, 4.69) is 15.5 Å². The van der Waals surface area contributed by atoms with E-state index in [1.165, 1.54) is 0 Å². The summed E-state index contributed by atoms with van der Waals surface area (Å²) in [4.78, 5) is 24.2. The average molecular weight is 268 g/mol. The molecule has 0 saturated carbocycles. The number of hydrogen-bond donors (Lipinski definition) is 2. The molecular formula is C11H16N4O4. The van der Waals surface area contributed by atoms with Crippen LogP contribution in [0.25, 0.3) is 0 Å². The Balaban J connectivity index is 1.76. The maximum atomic E-state index is 11.7. The van der Waals surface area contributed by atoms with Gasteiger partial charge in [-0.25, -0.2) is 0 Å². The minimum absolute atomic E-state index is 0.0868. The molecule has 8 nitrogen and oxygen atoms in total. The van der Waals surface area contributed by atoms with E-state index in [0.29, 0.717) is 12.4 Å². The molecule has 104 valence electrons.